The van der Waals surface area contributed by atoms with Gasteiger partial charge in [0.1, 0.15) is 0 Å². The predicted molar refractivity (Wildman–Crippen MR) is 69.4 cm³/mol. The normalized spacial score (nSPS) is 17.0. The van der Waals surface area contributed by atoms with Gasteiger partial charge in [0.05, 0.1) is 5.92 Å². The molecular weight excluding hydrogens is 232 g/mol. The molecule has 5 heteroatoms. The summed E-state index contributed by atoms with van der Waals surface area (Å²) in [6.45, 7) is 8.74. The third-order valence-corrected chi connectivity index (χ3v) is 3.35. The fourth-order valence-corrected chi connectivity index (χ4v) is 2.30. The smallest absolute Gasteiger partial charge is 0.319 e. The van der Waals surface area contributed by atoms with Gasteiger partial charge in [0.15, 0.2) is 0 Å². The standard InChI is InChI=1S/C13H24N2O3/c1-4-14(9-10(2)3)13(18)15-7-5-11(6-8-15)12(16)17/h10-11H,4-9H2,1-3H3,(H,16,17). The molecule has 1 aliphatic heterocycles. The SMILES string of the molecule is CCN(CC(C)C)C(=O)N1CCC(C(=O)O)CC1. The Bertz CT molecular complexity index is 297. The maximum Gasteiger partial charge on any atom is 0.319 e. The molecule has 2 amide bonds. The fourth-order valence-electron chi connectivity index (χ4n) is 2.30. The molecule has 0 aromatic heterocycles. The molecule has 1 rings (SSSR count). The van der Waals surface area contributed by atoms with Gasteiger partial charge in [-0.3, -0.25) is 4.79 Å². The molecule has 1 fully saturated rings. The summed E-state index contributed by atoms with van der Waals surface area (Å²) in [4.78, 5) is 26.7. The number of carboxylic acid groups (broad SMARTS) is 1. The van der Waals surface area contributed by atoms with E-state index in [2.05, 4.69) is 13.8 Å². The highest BCUT2D eigenvalue weighted by molar-refractivity contribution is 5.75. The van der Waals surface area contributed by atoms with Crippen LogP contribution in [0, 0.1) is 11.8 Å². The number of amides is 2. The highest BCUT2D eigenvalue weighted by atomic mass is 16.4. The molecule has 0 unspecified atom stereocenters. The fraction of sp³-hybridized carbons (Fsp3) is 0.846. The van der Waals surface area contributed by atoms with Gasteiger partial charge in [-0.2, -0.15) is 0 Å². The first-order valence-corrected chi connectivity index (χ1v) is 6.72. The molecule has 0 aliphatic carbocycles. The van der Waals surface area contributed by atoms with Gasteiger partial charge in [0.25, 0.3) is 0 Å². The van der Waals surface area contributed by atoms with Gasteiger partial charge in [-0.15, -0.1) is 0 Å². The first-order chi connectivity index (χ1) is 8.45. The van der Waals surface area contributed by atoms with E-state index in [0.717, 1.165) is 6.54 Å². The zero-order valence-corrected chi connectivity index (χ0v) is 11.6. The van der Waals surface area contributed by atoms with Crippen LogP contribution in [0.1, 0.15) is 33.6 Å². The molecule has 1 heterocycles. The van der Waals surface area contributed by atoms with Crippen LogP contribution in [0.25, 0.3) is 0 Å². The Hall–Kier alpha value is -1.26. The van der Waals surface area contributed by atoms with Gasteiger partial charge in [0, 0.05) is 26.2 Å². The van der Waals surface area contributed by atoms with Gasteiger partial charge >= 0.3 is 12.0 Å². The van der Waals surface area contributed by atoms with Gasteiger partial charge in [-0.05, 0) is 25.7 Å². The number of carbonyl (C=O) groups excluding carboxylic acids is 1. The van der Waals surface area contributed by atoms with E-state index in [1.54, 1.807) is 4.90 Å². The quantitative estimate of drug-likeness (QED) is 0.835. The predicted octanol–water partition coefficient (Wildman–Crippen LogP) is 1.88. The van der Waals surface area contributed by atoms with E-state index >= 15 is 0 Å². The molecule has 18 heavy (non-hydrogen) atoms. The Labute approximate surface area is 109 Å². The van der Waals surface area contributed by atoms with E-state index < -0.39 is 5.97 Å². The Balaban J connectivity index is 2.50. The Morgan fingerprint density at radius 1 is 1.33 bits per heavy atom. The van der Waals surface area contributed by atoms with Crippen LogP contribution < -0.4 is 0 Å². The van der Waals surface area contributed by atoms with Crippen molar-refractivity contribution >= 4 is 12.0 Å². The third-order valence-electron chi connectivity index (χ3n) is 3.35. The van der Waals surface area contributed by atoms with Crippen molar-refractivity contribution in [2.24, 2.45) is 11.8 Å². The zero-order valence-electron chi connectivity index (χ0n) is 11.6. The van der Waals surface area contributed by atoms with Gasteiger partial charge < -0.3 is 14.9 Å². The number of urea groups is 1. The highest BCUT2D eigenvalue weighted by Crippen LogP contribution is 2.18. The van der Waals surface area contributed by atoms with Crippen LogP contribution in [0.3, 0.4) is 0 Å². The molecule has 104 valence electrons. The summed E-state index contributed by atoms with van der Waals surface area (Å²) < 4.78 is 0. The first-order valence-electron chi connectivity index (χ1n) is 6.72. The van der Waals surface area contributed by atoms with Crippen molar-refractivity contribution in [3.05, 3.63) is 0 Å². The summed E-state index contributed by atoms with van der Waals surface area (Å²) in [5.41, 5.74) is 0. The minimum atomic E-state index is -0.739. The van der Waals surface area contributed by atoms with E-state index in [4.69, 9.17) is 5.11 Å². The number of carboxylic acids is 1. The highest BCUT2D eigenvalue weighted by Gasteiger charge is 2.28. The average Bonchev–Trinajstić information content (AvgIpc) is 2.35. The molecule has 1 N–H and O–H groups in total. The molecule has 0 radical (unpaired) electrons. The Morgan fingerprint density at radius 2 is 1.89 bits per heavy atom. The van der Waals surface area contributed by atoms with Crippen LogP contribution in [0.2, 0.25) is 0 Å². The number of piperidine rings is 1. The largest absolute Gasteiger partial charge is 0.481 e. The van der Waals surface area contributed by atoms with Crippen LogP contribution in [0.5, 0.6) is 0 Å². The maximum atomic E-state index is 12.2. The van der Waals surface area contributed by atoms with Crippen molar-refractivity contribution < 1.29 is 14.7 Å². The van der Waals surface area contributed by atoms with Crippen molar-refractivity contribution in [3.63, 3.8) is 0 Å². The molecule has 0 spiro atoms. The molecule has 0 bridgehead atoms. The number of carbonyl (C=O) groups is 2. The van der Waals surface area contributed by atoms with Crippen molar-refractivity contribution in [2.45, 2.75) is 33.6 Å². The molecular formula is C13H24N2O3. The van der Waals surface area contributed by atoms with E-state index in [-0.39, 0.29) is 11.9 Å². The van der Waals surface area contributed by atoms with E-state index in [0.29, 0.717) is 38.4 Å². The molecule has 1 aliphatic rings. The average molecular weight is 256 g/mol. The molecule has 0 aromatic carbocycles. The van der Waals surface area contributed by atoms with E-state index in [1.165, 1.54) is 0 Å². The van der Waals surface area contributed by atoms with Crippen molar-refractivity contribution in [3.8, 4) is 0 Å². The lowest BCUT2D eigenvalue weighted by atomic mass is 9.97. The van der Waals surface area contributed by atoms with Crippen LogP contribution in [-0.2, 0) is 4.79 Å². The molecule has 5 nitrogen and oxygen atoms in total. The van der Waals surface area contributed by atoms with Crippen LogP contribution in [0.4, 0.5) is 4.79 Å². The maximum absolute atomic E-state index is 12.2. The first kappa shape index (κ1) is 14.8. The minimum absolute atomic E-state index is 0.0510. The molecule has 0 saturated carbocycles. The Morgan fingerprint density at radius 3 is 2.28 bits per heavy atom. The van der Waals surface area contributed by atoms with E-state index in [1.807, 2.05) is 11.8 Å². The number of nitrogens with zero attached hydrogens (tertiary/aromatic N) is 2. The summed E-state index contributed by atoms with van der Waals surface area (Å²) in [6, 6.07) is 0.0510. The summed E-state index contributed by atoms with van der Waals surface area (Å²) in [5.74, 6) is -0.573. The van der Waals surface area contributed by atoms with Crippen molar-refractivity contribution in [1.82, 2.24) is 9.80 Å². The van der Waals surface area contributed by atoms with Gasteiger partial charge in [-0.1, -0.05) is 13.8 Å². The van der Waals surface area contributed by atoms with Crippen molar-refractivity contribution in [1.29, 1.82) is 0 Å². The van der Waals surface area contributed by atoms with Crippen molar-refractivity contribution in [2.75, 3.05) is 26.2 Å². The molecule has 0 atom stereocenters. The summed E-state index contributed by atoms with van der Waals surface area (Å²) in [5, 5.41) is 8.92. The number of likely N-dealkylation sites (tertiary alicyclic amines) is 1. The summed E-state index contributed by atoms with van der Waals surface area (Å²) in [6.07, 6.45) is 1.14. The summed E-state index contributed by atoms with van der Waals surface area (Å²) >= 11 is 0. The summed E-state index contributed by atoms with van der Waals surface area (Å²) in [7, 11) is 0. The lowest BCUT2D eigenvalue weighted by Gasteiger charge is -2.35. The zero-order chi connectivity index (χ0) is 13.7. The lowest BCUT2D eigenvalue weighted by molar-refractivity contribution is -0.143. The van der Waals surface area contributed by atoms with Gasteiger partial charge in [0.2, 0.25) is 0 Å². The number of aliphatic carboxylic acids is 1. The molecule has 1 saturated heterocycles. The van der Waals surface area contributed by atoms with Gasteiger partial charge in [-0.25, -0.2) is 4.79 Å². The second-order valence-corrected chi connectivity index (χ2v) is 5.31. The second kappa shape index (κ2) is 6.61. The molecule has 0 aromatic rings. The lowest BCUT2D eigenvalue weighted by Crippen LogP contribution is -2.48. The number of hydrogen-bond donors (Lipinski definition) is 1. The van der Waals surface area contributed by atoms with E-state index in [9.17, 15) is 9.59 Å². The van der Waals surface area contributed by atoms with Crippen LogP contribution in [0.15, 0.2) is 0 Å². The monoisotopic (exact) mass is 256 g/mol. The second-order valence-electron chi connectivity index (χ2n) is 5.31. The number of rotatable bonds is 4. The topological polar surface area (TPSA) is 60.9 Å². The number of hydrogen-bond acceptors (Lipinski definition) is 2. The third kappa shape index (κ3) is 3.89. The Kier molecular flexibility index (Phi) is 5.44. The van der Waals surface area contributed by atoms with Crippen LogP contribution in [-0.4, -0.2) is 53.1 Å². The van der Waals surface area contributed by atoms with Crippen LogP contribution >= 0.6 is 0 Å². The minimum Gasteiger partial charge on any atom is -0.481 e.